The van der Waals surface area contributed by atoms with Crippen molar-refractivity contribution in [2.45, 2.75) is 110 Å². The van der Waals surface area contributed by atoms with Crippen LogP contribution in [0.3, 0.4) is 0 Å². The molecule has 10 heteroatoms. The minimum atomic E-state index is -1.23. The van der Waals surface area contributed by atoms with E-state index in [0.29, 0.717) is 13.3 Å². The van der Waals surface area contributed by atoms with E-state index in [1.165, 1.54) is 32.8 Å². The fraction of sp³-hybridized carbons (Fsp3) is 0.541. The van der Waals surface area contributed by atoms with Gasteiger partial charge < -0.3 is 28.8 Å². The van der Waals surface area contributed by atoms with Crippen molar-refractivity contribution >= 4 is 20.1 Å². The number of amides is 1. The number of hydrogen-bond donors (Lipinski definition) is 1. The van der Waals surface area contributed by atoms with Gasteiger partial charge >= 0.3 is 12.1 Å². The van der Waals surface area contributed by atoms with Gasteiger partial charge in [0.15, 0.2) is 0 Å². The number of carbonyl (C=O) groups excluding carboxylic acids is 2. The van der Waals surface area contributed by atoms with Crippen molar-refractivity contribution in [3.63, 3.8) is 0 Å². The standard InChI is InChI=1S/C37H55N3O6Si/c1-9-10-11-12-13-22-45-31-20-18-29(19-21-31)33-26-40(27-44-23-24-47(6,7)8)34(38-33)30-16-14-28(15-17-30)25-32(35(41)43-5)39-36(42)46-37(2,3)4/h14-21,26,32H,9-13,22-25,27H2,1-8H3,(H,39,42). The van der Waals surface area contributed by atoms with E-state index in [4.69, 9.17) is 23.9 Å². The number of ether oxygens (including phenoxy) is 4. The maximum absolute atomic E-state index is 12.5. The van der Waals surface area contributed by atoms with Crippen molar-refractivity contribution in [2.75, 3.05) is 20.3 Å². The highest BCUT2D eigenvalue weighted by molar-refractivity contribution is 6.76. The summed E-state index contributed by atoms with van der Waals surface area (Å²) in [7, 11) is 0.0737. The third-order valence-electron chi connectivity index (χ3n) is 7.50. The zero-order chi connectivity index (χ0) is 34.5. The van der Waals surface area contributed by atoms with E-state index in [2.05, 4.69) is 31.9 Å². The van der Waals surface area contributed by atoms with Gasteiger partial charge in [-0.05, 0) is 63.1 Å². The molecule has 1 N–H and O–H groups in total. The maximum atomic E-state index is 12.5. The van der Waals surface area contributed by atoms with Crippen LogP contribution in [0.1, 0.15) is 65.4 Å². The molecule has 1 heterocycles. The Kier molecular flexibility index (Phi) is 14.5. The third kappa shape index (κ3) is 13.6. The van der Waals surface area contributed by atoms with E-state index < -0.39 is 31.8 Å². The van der Waals surface area contributed by atoms with Crippen molar-refractivity contribution in [2.24, 2.45) is 0 Å². The highest BCUT2D eigenvalue weighted by Gasteiger charge is 2.25. The normalized spacial score (nSPS) is 12.4. The summed E-state index contributed by atoms with van der Waals surface area (Å²) in [5, 5.41) is 2.64. The average molecular weight is 666 g/mol. The molecule has 1 aromatic heterocycles. The van der Waals surface area contributed by atoms with Crippen LogP contribution >= 0.6 is 0 Å². The van der Waals surface area contributed by atoms with Crippen LogP contribution in [0.15, 0.2) is 54.7 Å². The summed E-state index contributed by atoms with van der Waals surface area (Å²) in [6.07, 6.45) is 7.64. The molecule has 1 unspecified atom stereocenters. The topological polar surface area (TPSA) is 101 Å². The van der Waals surface area contributed by atoms with Crippen LogP contribution in [0.2, 0.25) is 25.7 Å². The lowest BCUT2D eigenvalue weighted by atomic mass is 10.0. The number of alkyl carbamates (subject to hydrolysis) is 1. The minimum absolute atomic E-state index is 0.249. The van der Waals surface area contributed by atoms with Crippen molar-refractivity contribution in [3.8, 4) is 28.4 Å². The van der Waals surface area contributed by atoms with Gasteiger partial charge in [0.1, 0.15) is 29.9 Å². The number of unbranched alkanes of at least 4 members (excludes halogenated alkanes) is 4. The lowest BCUT2D eigenvalue weighted by Gasteiger charge is -2.22. The second kappa shape index (κ2) is 18.1. The van der Waals surface area contributed by atoms with Crippen LogP contribution in [0.5, 0.6) is 5.75 Å². The number of benzene rings is 2. The summed E-state index contributed by atoms with van der Waals surface area (Å²) in [5.41, 5.74) is 2.91. The van der Waals surface area contributed by atoms with Gasteiger partial charge in [-0.1, -0.05) is 76.5 Å². The molecule has 0 fully saturated rings. The van der Waals surface area contributed by atoms with Crippen molar-refractivity contribution in [3.05, 3.63) is 60.3 Å². The number of esters is 1. The van der Waals surface area contributed by atoms with Gasteiger partial charge in [0.25, 0.3) is 0 Å². The number of hydrogen-bond acceptors (Lipinski definition) is 7. The molecule has 0 aliphatic carbocycles. The first kappa shape index (κ1) is 37.8. The van der Waals surface area contributed by atoms with E-state index in [1.54, 1.807) is 20.8 Å². The fourth-order valence-electron chi connectivity index (χ4n) is 4.85. The van der Waals surface area contributed by atoms with Crippen LogP contribution < -0.4 is 10.1 Å². The van der Waals surface area contributed by atoms with Gasteiger partial charge in [0.2, 0.25) is 0 Å². The van der Waals surface area contributed by atoms with Crippen LogP contribution in [-0.2, 0) is 32.2 Å². The number of imidazole rings is 1. The second-order valence-corrected chi connectivity index (χ2v) is 19.8. The number of nitrogens with one attached hydrogen (secondary N) is 1. The lowest BCUT2D eigenvalue weighted by Crippen LogP contribution is -2.45. The Bertz CT molecular complexity index is 1390. The van der Waals surface area contributed by atoms with Crippen molar-refractivity contribution in [1.82, 2.24) is 14.9 Å². The quantitative estimate of drug-likeness (QED) is 0.0826. The zero-order valence-corrected chi connectivity index (χ0v) is 30.7. The van der Waals surface area contributed by atoms with Crippen molar-refractivity contribution in [1.29, 1.82) is 0 Å². The minimum Gasteiger partial charge on any atom is -0.494 e. The fourth-order valence-corrected chi connectivity index (χ4v) is 5.61. The van der Waals surface area contributed by atoms with Gasteiger partial charge in [-0.15, -0.1) is 0 Å². The lowest BCUT2D eigenvalue weighted by molar-refractivity contribution is -0.143. The monoisotopic (exact) mass is 665 g/mol. The molecule has 0 aliphatic rings. The van der Waals surface area contributed by atoms with Gasteiger partial charge in [-0.2, -0.15) is 0 Å². The Labute approximate surface area is 282 Å². The summed E-state index contributed by atoms with van der Waals surface area (Å²) in [5.74, 6) is 1.10. The van der Waals surface area contributed by atoms with Gasteiger partial charge in [-0.3, -0.25) is 0 Å². The highest BCUT2D eigenvalue weighted by Crippen LogP contribution is 2.27. The molecular weight excluding hydrogens is 611 g/mol. The second-order valence-electron chi connectivity index (χ2n) is 14.2. The average Bonchev–Trinajstić information content (AvgIpc) is 3.43. The Balaban J connectivity index is 1.77. The molecular formula is C37H55N3O6Si. The molecule has 47 heavy (non-hydrogen) atoms. The first-order chi connectivity index (χ1) is 22.3. The van der Waals surface area contributed by atoms with E-state index >= 15 is 0 Å². The highest BCUT2D eigenvalue weighted by atomic mass is 28.3. The summed E-state index contributed by atoms with van der Waals surface area (Å²) in [6.45, 7) is 16.4. The maximum Gasteiger partial charge on any atom is 0.408 e. The molecule has 0 spiro atoms. The largest absolute Gasteiger partial charge is 0.494 e. The number of carbonyl (C=O) groups is 2. The third-order valence-corrected chi connectivity index (χ3v) is 9.20. The summed E-state index contributed by atoms with van der Waals surface area (Å²) in [6, 6.07) is 16.1. The summed E-state index contributed by atoms with van der Waals surface area (Å²) >= 11 is 0. The van der Waals surface area contributed by atoms with Crippen LogP contribution in [0, 0.1) is 0 Å². The Morgan fingerprint density at radius 3 is 2.19 bits per heavy atom. The molecule has 258 valence electrons. The molecule has 3 rings (SSSR count). The van der Waals surface area contributed by atoms with E-state index in [-0.39, 0.29) is 6.42 Å². The predicted molar refractivity (Wildman–Crippen MR) is 190 cm³/mol. The number of rotatable bonds is 18. The van der Waals surface area contributed by atoms with Crippen molar-refractivity contribution < 1.29 is 28.5 Å². The Morgan fingerprint density at radius 2 is 1.57 bits per heavy atom. The molecule has 0 aliphatic heterocycles. The molecule has 0 radical (unpaired) electrons. The van der Waals surface area contributed by atoms with E-state index in [9.17, 15) is 9.59 Å². The van der Waals surface area contributed by atoms with E-state index in [0.717, 1.165) is 53.0 Å². The first-order valence-electron chi connectivity index (χ1n) is 16.8. The van der Waals surface area contributed by atoms with Gasteiger partial charge in [-0.25, -0.2) is 14.6 Å². The molecule has 0 saturated carbocycles. The molecule has 2 aromatic carbocycles. The SMILES string of the molecule is CCCCCCCOc1ccc(-c2cn(COCC[Si](C)(C)C)c(-c3ccc(CC(NC(=O)OC(C)(C)C)C(=O)OC)cc3)n2)cc1. The molecule has 1 amide bonds. The summed E-state index contributed by atoms with van der Waals surface area (Å²) in [4.78, 5) is 29.9. The van der Waals surface area contributed by atoms with Crippen LogP contribution in [0.4, 0.5) is 4.79 Å². The smallest absolute Gasteiger partial charge is 0.408 e. The zero-order valence-electron chi connectivity index (χ0n) is 29.7. The Hall–Kier alpha value is -3.63. The van der Waals surface area contributed by atoms with Gasteiger partial charge in [0, 0.05) is 38.4 Å². The molecule has 3 aromatic rings. The summed E-state index contributed by atoms with van der Waals surface area (Å²) < 4.78 is 24.4. The van der Waals surface area contributed by atoms with Crippen LogP contribution in [0.25, 0.3) is 22.6 Å². The molecule has 1 atom stereocenters. The molecule has 9 nitrogen and oxygen atoms in total. The van der Waals surface area contributed by atoms with E-state index in [1.807, 2.05) is 59.3 Å². The Morgan fingerprint density at radius 1 is 0.915 bits per heavy atom. The molecule has 0 bridgehead atoms. The van der Waals surface area contributed by atoms with Gasteiger partial charge in [0.05, 0.1) is 19.4 Å². The van der Waals surface area contributed by atoms with Crippen LogP contribution in [-0.4, -0.2) is 61.7 Å². The number of aromatic nitrogens is 2. The number of nitrogens with zero attached hydrogens (tertiary/aromatic N) is 2. The first-order valence-corrected chi connectivity index (χ1v) is 20.5. The number of methoxy groups -OCH3 is 1. The predicted octanol–water partition coefficient (Wildman–Crippen LogP) is 8.49. The molecule has 0 saturated heterocycles.